The van der Waals surface area contributed by atoms with Gasteiger partial charge in [-0.15, -0.1) is 0 Å². The number of hydrogen-bond donors (Lipinski definition) is 1. The molecule has 0 radical (unpaired) electrons. The first-order valence-corrected chi connectivity index (χ1v) is 11.3. The number of morpholine rings is 1. The second kappa shape index (κ2) is 10.2. The Labute approximate surface area is 187 Å². The van der Waals surface area contributed by atoms with Crippen LogP contribution in [0.2, 0.25) is 5.02 Å². The van der Waals surface area contributed by atoms with Gasteiger partial charge in [-0.05, 0) is 31.5 Å². The third-order valence-corrected chi connectivity index (χ3v) is 5.75. The van der Waals surface area contributed by atoms with Crippen molar-refractivity contribution in [2.75, 3.05) is 39.4 Å². The van der Waals surface area contributed by atoms with Crippen LogP contribution in [-0.4, -0.2) is 64.8 Å². The monoisotopic (exact) mass is 441 g/mol. The molecular weight excluding hydrogens is 414 g/mol. The van der Waals surface area contributed by atoms with Crippen molar-refractivity contribution in [3.63, 3.8) is 0 Å². The highest BCUT2D eigenvalue weighted by atomic mass is 35.5. The largest absolute Gasteiger partial charge is 0.379 e. The first kappa shape index (κ1) is 21.7. The predicted molar refractivity (Wildman–Crippen MR) is 122 cm³/mol. The van der Waals surface area contributed by atoms with Gasteiger partial charge in [-0.2, -0.15) is 5.10 Å². The maximum absolute atomic E-state index is 12.9. The van der Waals surface area contributed by atoms with Gasteiger partial charge in [-0.25, -0.2) is 9.50 Å². The topological polar surface area (TPSA) is 71.8 Å². The molecule has 1 amide bonds. The molecule has 7 nitrogen and oxygen atoms in total. The first-order valence-electron chi connectivity index (χ1n) is 10.9. The average Bonchev–Trinajstić information content (AvgIpc) is 3.23. The molecule has 1 aliphatic rings. The summed E-state index contributed by atoms with van der Waals surface area (Å²) in [5.74, 6) is -0.0941. The number of amides is 1. The second-order valence-electron chi connectivity index (χ2n) is 7.74. The Bertz CT molecular complexity index is 1030. The van der Waals surface area contributed by atoms with E-state index in [-0.39, 0.29) is 5.91 Å². The summed E-state index contributed by atoms with van der Waals surface area (Å²) in [5, 5.41) is 8.48. The van der Waals surface area contributed by atoms with Crippen LogP contribution in [0.4, 0.5) is 0 Å². The number of aryl methyl sites for hydroxylation is 1. The van der Waals surface area contributed by atoms with Crippen molar-refractivity contribution in [1.82, 2.24) is 24.8 Å². The lowest BCUT2D eigenvalue weighted by molar-refractivity contribution is 0.0374. The van der Waals surface area contributed by atoms with Crippen molar-refractivity contribution in [3.8, 4) is 11.3 Å². The molecule has 1 aromatic carbocycles. The number of carbonyl (C=O) groups is 1. The highest BCUT2D eigenvalue weighted by Crippen LogP contribution is 2.23. The molecule has 0 saturated carbocycles. The number of rotatable bonds is 8. The van der Waals surface area contributed by atoms with E-state index in [0.717, 1.165) is 74.7 Å². The summed E-state index contributed by atoms with van der Waals surface area (Å²) >= 11 is 6.01. The summed E-state index contributed by atoms with van der Waals surface area (Å²) in [7, 11) is 0. The van der Waals surface area contributed by atoms with Gasteiger partial charge in [0.25, 0.3) is 5.91 Å². The summed E-state index contributed by atoms with van der Waals surface area (Å²) in [6.07, 6.45) is 4.24. The van der Waals surface area contributed by atoms with E-state index >= 15 is 0 Å². The number of nitrogens with one attached hydrogen (secondary N) is 1. The van der Waals surface area contributed by atoms with Gasteiger partial charge in [0, 0.05) is 42.5 Å². The van der Waals surface area contributed by atoms with Crippen molar-refractivity contribution < 1.29 is 9.53 Å². The first-order chi connectivity index (χ1) is 15.2. The zero-order chi connectivity index (χ0) is 21.6. The van der Waals surface area contributed by atoms with E-state index < -0.39 is 0 Å². The number of halogens is 1. The van der Waals surface area contributed by atoms with Crippen molar-refractivity contribution in [3.05, 3.63) is 52.8 Å². The Morgan fingerprint density at radius 1 is 1.23 bits per heavy atom. The predicted octanol–water partition coefficient (Wildman–Crippen LogP) is 3.45. The van der Waals surface area contributed by atoms with Crippen molar-refractivity contribution >= 4 is 23.2 Å². The number of fused-ring (bicyclic) bond motifs is 1. The van der Waals surface area contributed by atoms with E-state index in [4.69, 9.17) is 21.4 Å². The summed E-state index contributed by atoms with van der Waals surface area (Å²) in [6, 6.07) is 9.50. The molecule has 4 rings (SSSR count). The fraction of sp³-hybridized carbons (Fsp3) is 0.435. The Morgan fingerprint density at radius 3 is 2.74 bits per heavy atom. The summed E-state index contributed by atoms with van der Waals surface area (Å²) in [6.45, 7) is 7.20. The standard InChI is InChI=1S/C23H28ClN5O2/c1-2-4-21-19(23(30)25-9-3-10-28-11-13-31-14-12-28)16-26-22-15-20(27-29(21)22)17-5-7-18(24)8-6-17/h5-8,15-16H,2-4,9-14H2,1H3,(H,25,30). The Balaban J connectivity index is 1.49. The van der Waals surface area contributed by atoms with E-state index in [9.17, 15) is 4.79 Å². The molecule has 3 heterocycles. The van der Waals surface area contributed by atoms with Crippen LogP contribution < -0.4 is 5.32 Å². The molecule has 0 atom stereocenters. The fourth-order valence-corrected chi connectivity index (χ4v) is 3.96. The quantitative estimate of drug-likeness (QED) is 0.542. The zero-order valence-electron chi connectivity index (χ0n) is 17.8. The minimum atomic E-state index is -0.0941. The minimum Gasteiger partial charge on any atom is -0.379 e. The van der Waals surface area contributed by atoms with Crippen molar-refractivity contribution in [2.45, 2.75) is 26.2 Å². The van der Waals surface area contributed by atoms with Crippen LogP contribution in [0.15, 0.2) is 36.5 Å². The number of hydrogen-bond acceptors (Lipinski definition) is 5. The summed E-state index contributed by atoms with van der Waals surface area (Å²) in [5.41, 5.74) is 3.98. The third-order valence-electron chi connectivity index (χ3n) is 5.49. The Kier molecular flexibility index (Phi) is 7.17. The van der Waals surface area contributed by atoms with Crippen LogP contribution in [0.25, 0.3) is 16.9 Å². The number of benzene rings is 1. The van der Waals surface area contributed by atoms with Gasteiger partial charge in [0.1, 0.15) is 0 Å². The summed E-state index contributed by atoms with van der Waals surface area (Å²) < 4.78 is 7.18. The SMILES string of the molecule is CCCc1c(C(=O)NCCCN2CCOCC2)cnc2cc(-c3ccc(Cl)cc3)nn12. The molecule has 0 spiro atoms. The van der Waals surface area contributed by atoms with Crippen LogP contribution in [0.1, 0.15) is 35.8 Å². The second-order valence-corrected chi connectivity index (χ2v) is 8.17. The van der Waals surface area contributed by atoms with Gasteiger partial charge < -0.3 is 10.1 Å². The smallest absolute Gasteiger partial charge is 0.254 e. The molecule has 0 unspecified atom stereocenters. The van der Waals surface area contributed by atoms with E-state index in [1.54, 1.807) is 10.7 Å². The van der Waals surface area contributed by atoms with Gasteiger partial charge in [-0.1, -0.05) is 37.1 Å². The summed E-state index contributed by atoms with van der Waals surface area (Å²) in [4.78, 5) is 19.8. The molecule has 0 aliphatic carbocycles. The number of carbonyl (C=O) groups excluding carboxylic acids is 1. The number of nitrogens with zero attached hydrogens (tertiary/aromatic N) is 4. The van der Waals surface area contributed by atoms with Crippen LogP contribution >= 0.6 is 11.6 Å². The molecule has 31 heavy (non-hydrogen) atoms. The minimum absolute atomic E-state index is 0.0941. The van der Waals surface area contributed by atoms with E-state index in [2.05, 4.69) is 22.1 Å². The fourth-order valence-electron chi connectivity index (χ4n) is 3.83. The molecule has 1 N–H and O–H groups in total. The molecule has 164 valence electrons. The number of ether oxygens (including phenoxy) is 1. The third kappa shape index (κ3) is 5.23. The highest BCUT2D eigenvalue weighted by molar-refractivity contribution is 6.30. The molecule has 2 aromatic heterocycles. The Hall–Kier alpha value is -2.48. The van der Waals surface area contributed by atoms with Gasteiger partial charge in [0.2, 0.25) is 0 Å². The average molecular weight is 442 g/mol. The van der Waals surface area contributed by atoms with Gasteiger partial charge in [0.15, 0.2) is 5.65 Å². The van der Waals surface area contributed by atoms with E-state index in [0.29, 0.717) is 17.1 Å². The van der Waals surface area contributed by atoms with Crippen LogP contribution in [-0.2, 0) is 11.2 Å². The normalized spacial score (nSPS) is 14.8. The Morgan fingerprint density at radius 2 is 2.00 bits per heavy atom. The van der Waals surface area contributed by atoms with Crippen molar-refractivity contribution in [2.24, 2.45) is 0 Å². The van der Waals surface area contributed by atoms with Gasteiger partial charge in [0.05, 0.1) is 30.2 Å². The van der Waals surface area contributed by atoms with Gasteiger partial charge >= 0.3 is 0 Å². The molecular formula is C23H28ClN5O2. The molecule has 1 aliphatic heterocycles. The number of aromatic nitrogens is 3. The molecule has 1 saturated heterocycles. The lowest BCUT2D eigenvalue weighted by atomic mass is 10.1. The van der Waals surface area contributed by atoms with E-state index in [1.807, 2.05) is 30.3 Å². The van der Waals surface area contributed by atoms with Crippen LogP contribution in [0.5, 0.6) is 0 Å². The lowest BCUT2D eigenvalue weighted by Gasteiger charge is -2.26. The van der Waals surface area contributed by atoms with Crippen LogP contribution in [0.3, 0.4) is 0 Å². The molecule has 0 bridgehead atoms. The lowest BCUT2D eigenvalue weighted by Crippen LogP contribution is -2.38. The van der Waals surface area contributed by atoms with E-state index in [1.165, 1.54) is 0 Å². The maximum Gasteiger partial charge on any atom is 0.254 e. The highest BCUT2D eigenvalue weighted by Gasteiger charge is 2.17. The van der Waals surface area contributed by atoms with Gasteiger partial charge in [-0.3, -0.25) is 9.69 Å². The molecule has 3 aromatic rings. The maximum atomic E-state index is 12.9. The zero-order valence-corrected chi connectivity index (χ0v) is 18.6. The molecule has 8 heteroatoms. The molecule has 1 fully saturated rings. The van der Waals surface area contributed by atoms with Crippen LogP contribution in [0, 0.1) is 0 Å². The van der Waals surface area contributed by atoms with Crippen molar-refractivity contribution in [1.29, 1.82) is 0 Å².